The Balaban J connectivity index is 2.01. The number of carbonyl (C=O) groups excluding carboxylic acids is 1. The van der Waals surface area contributed by atoms with E-state index in [4.69, 9.17) is 9.63 Å². The van der Waals surface area contributed by atoms with Crippen molar-refractivity contribution in [3.05, 3.63) is 36.1 Å². The van der Waals surface area contributed by atoms with Crippen LogP contribution in [0.25, 0.3) is 0 Å². The molecule has 0 radical (unpaired) electrons. The number of aliphatic carboxylic acids is 1. The Morgan fingerprint density at radius 1 is 1.21 bits per heavy atom. The van der Waals surface area contributed by atoms with Crippen molar-refractivity contribution >= 4 is 33.5 Å². The first-order valence-corrected chi connectivity index (χ1v) is 9.91. The van der Waals surface area contributed by atoms with Gasteiger partial charge in [-0.25, -0.2) is 18.0 Å². The molecule has 0 saturated heterocycles. The summed E-state index contributed by atoms with van der Waals surface area (Å²) in [6, 6.07) is 5.10. The molecular weight excluding hydrogens is 388 g/mol. The summed E-state index contributed by atoms with van der Waals surface area (Å²) < 4.78 is 31.7. The molecule has 0 aliphatic heterocycles. The predicted octanol–water partition coefficient (Wildman–Crippen LogP) is 2.40. The summed E-state index contributed by atoms with van der Waals surface area (Å²) in [5.41, 5.74) is 0.308. The molecule has 2 aromatic rings. The van der Waals surface area contributed by atoms with Crippen LogP contribution in [0.5, 0.6) is 0 Å². The second-order valence-corrected chi connectivity index (χ2v) is 8.25. The fourth-order valence-electron chi connectivity index (χ4n) is 2.35. The van der Waals surface area contributed by atoms with Crippen molar-refractivity contribution in [2.75, 3.05) is 10.0 Å². The number of aryl methyl sites for hydroxylation is 1. The molecule has 1 unspecified atom stereocenters. The third-order valence-electron chi connectivity index (χ3n) is 3.60. The van der Waals surface area contributed by atoms with Crippen LogP contribution < -0.4 is 15.4 Å². The number of nitrogens with zero attached hydrogens (tertiary/aromatic N) is 1. The van der Waals surface area contributed by atoms with Crippen LogP contribution in [-0.2, 0) is 14.8 Å². The van der Waals surface area contributed by atoms with Gasteiger partial charge in [0.15, 0.2) is 5.82 Å². The smallest absolute Gasteiger partial charge is 0.326 e. The van der Waals surface area contributed by atoms with Crippen LogP contribution in [0.4, 0.5) is 16.3 Å². The number of carboxylic acid groups (broad SMARTS) is 1. The molecule has 2 rings (SSSR count). The highest BCUT2D eigenvalue weighted by Crippen LogP contribution is 2.18. The van der Waals surface area contributed by atoms with Crippen LogP contribution in [-0.4, -0.2) is 36.7 Å². The number of rotatable bonds is 8. The summed E-state index contributed by atoms with van der Waals surface area (Å²) >= 11 is 0. The van der Waals surface area contributed by atoms with Crippen molar-refractivity contribution in [3.8, 4) is 0 Å². The largest absolute Gasteiger partial charge is 0.480 e. The summed E-state index contributed by atoms with van der Waals surface area (Å²) in [4.78, 5) is 23.2. The molecule has 1 aromatic heterocycles. The zero-order valence-electron chi connectivity index (χ0n) is 15.6. The Morgan fingerprint density at radius 2 is 1.86 bits per heavy atom. The third-order valence-corrected chi connectivity index (χ3v) is 4.97. The predicted molar refractivity (Wildman–Crippen MR) is 102 cm³/mol. The Kier molecular flexibility index (Phi) is 6.62. The number of carboxylic acids is 1. The van der Waals surface area contributed by atoms with Gasteiger partial charge in [0.05, 0.1) is 4.90 Å². The first-order chi connectivity index (χ1) is 13.1. The molecule has 28 heavy (non-hydrogen) atoms. The second-order valence-electron chi connectivity index (χ2n) is 6.57. The molecule has 0 aliphatic rings. The van der Waals surface area contributed by atoms with Gasteiger partial charge in [0, 0.05) is 11.8 Å². The number of hydrogen-bond acceptors (Lipinski definition) is 6. The molecule has 1 aromatic carbocycles. The van der Waals surface area contributed by atoms with Crippen LogP contribution >= 0.6 is 0 Å². The van der Waals surface area contributed by atoms with Crippen molar-refractivity contribution in [1.29, 1.82) is 0 Å². The van der Waals surface area contributed by atoms with E-state index in [2.05, 4.69) is 20.5 Å². The number of anilines is 2. The monoisotopic (exact) mass is 410 g/mol. The highest BCUT2D eigenvalue weighted by molar-refractivity contribution is 7.92. The molecule has 2 amide bonds. The SMILES string of the molecule is Cc1cc(NS(=O)(=O)c2ccc(NC(=O)NC(CC(C)C)C(=O)O)cc2)no1. The van der Waals surface area contributed by atoms with E-state index in [0.29, 0.717) is 11.4 Å². The van der Waals surface area contributed by atoms with Gasteiger partial charge in [0.1, 0.15) is 11.8 Å². The fourth-order valence-corrected chi connectivity index (χ4v) is 3.33. The van der Waals surface area contributed by atoms with Gasteiger partial charge in [-0.1, -0.05) is 19.0 Å². The zero-order chi connectivity index (χ0) is 20.9. The molecule has 152 valence electrons. The summed E-state index contributed by atoms with van der Waals surface area (Å²) in [7, 11) is -3.87. The number of hydrogen-bond donors (Lipinski definition) is 4. The lowest BCUT2D eigenvalue weighted by molar-refractivity contribution is -0.139. The van der Waals surface area contributed by atoms with Gasteiger partial charge in [-0.2, -0.15) is 0 Å². The minimum absolute atomic E-state index is 0.0395. The molecule has 0 bridgehead atoms. The second kappa shape index (κ2) is 8.74. The highest BCUT2D eigenvalue weighted by atomic mass is 32.2. The number of urea groups is 1. The summed E-state index contributed by atoms with van der Waals surface area (Å²) in [5, 5.41) is 17.6. The van der Waals surface area contributed by atoms with E-state index in [9.17, 15) is 18.0 Å². The molecule has 1 heterocycles. The topological polar surface area (TPSA) is 151 Å². The van der Waals surface area contributed by atoms with Crippen molar-refractivity contribution in [1.82, 2.24) is 10.5 Å². The van der Waals surface area contributed by atoms with Crippen molar-refractivity contribution in [2.45, 2.75) is 38.1 Å². The molecule has 1 atom stereocenters. The van der Waals surface area contributed by atoms with Crippen molar-refractivity contribution < 1.29 is 27.6 Å². The Labute approximate surface area is 162 Å². The first-order valence-electron chi connectivity index (χ1n) is 8.43. The van der Waals surface area contributed by atoms with Crippen LogP contribution in [0.2, 0.25) is 0 Å². The van der Waals surface area contributed by atoms with Gasteiger partial charge in [0.2, 0.25) is 0 Å². The molecule has 4 N–H and O–H groups in total. The molecule has 11 heteroatoms. The molecule has 0 fully saturated rings. The number of carbonyl (C=O) groups is 2. The van der Waals surface area contributed by atoms with Crippen molar-refractivity contribution in [3.63, 3.8) is 0 Å². The lowest BCUT2D eigenvalue weighted by Gasteiger charge is -2.17. The van der Waals surface area contributed by atoms with Gasteiger partial charge in [-0.05, 0) is 43.5 Å². The van der Waals surface area contributed by atoms with Crippen LogP contribution in [0, 0.1) is 12.8 Å². The minimum atomic E-state index is -3.87. The zero-order valence-corrected chi connectivity index (χ0v) is 16.4. The molecule has 10 nitrogen and oxygen atoms in total. The van der Waals surface area contributed by atoms with Crippen LogP contribution in [0.3, 0.4) is 0 Å². The number of aromatic nitrogens is 1. The van der Waals surface area contributed by atoms with E-state index < -0.39 is 28.1 Å². The summed E-state index contributed by atoms with van der Waals surface area (Å²) in [6.07, 6.45) is 0.285. The van der Waals surface area contributed by atoms with E-state index in [1.165, 1.54) is 30.3 Å². The maximum absolute atomic E-state index is 12.3. The Bertz CT molecular complexity index is 937. The fraction of sp³-hybridized carbons (Fsp3) is 0.353. The highest BCUT2D eigenvalue weighted by Gasteiger charge is 2.21. The Morgan fingerprint density at radius 3 is 2.36 bits per heavy atom. The van der Waals surface area contributed by atoms with E-state index in [0.717, 1.165) is 0 Å². The third kappa shape index (κ3) is 5.98. The Hall–Kier alpha value is -3.08. The average molecular weight is 410 g/mol. The molecule has 0 spiro atoms. The summed E-state index contributed by atoms with van der Waals surface area (Å²) in [5.74, 6) is -0.518. The number of nitrogens with one attached hydrogen (secondary N) is 3. The molecular formula is C17H22N4O6S. The first kappa shape index (κ1) is 21.2. The van der Waals surface area contributed by atoms with Gasteiger partial charge in [0.25, 0.3) is 10.0 Å². The lowest BCUT2D eigenvalue weighted by Crippen LogP contribution is -2.43. The number of benzene rings is 1. The number of sulfonamides is 1. The maximum atomic E-state index is 12.3. The van der Waals surface area contributed by atoms with E-state index in [1.807, 2.05) is 13.8 Å². The standard InChI is InChI=1S/C17H22N4O6S/c1-10(2)8-14(16(22)23)19-17(24)18-12-4-6-13(7-5-12)28(25,26)21-15-9-11(3)27-20-15/h4-7,9-10,14H,8H2,1-3H3,(H,20,21)(H,22,23)(H2,18,19,24). The normalized spacial score (nSPS) is 12.4. The van der Waals surface area contributed by atoms with E-state index in [1.54, 1.807) is 6.92 Å². The quantitative estimate of drug-likeness (QED) is 0.521. The van der Waals surface area contributed by atoms with Gasteiger partial charge < -0.3 is 20.3 Å². The molecule has 0 aliphatic carbocycles. The maximum Gasteiger partial charge on any atom is 0.326 e. The van der Waals surface area contributed by atoms with Gasteiger partial charge in [-0.15, -0.1) is 0 Å². The average Bonchev–Trinajstić information content (AvgIpc) is 2.98. The summed E-state index contributed by atoms with van der Waals surface area (Å²) in [6.45, 7) is 5.33. The van der Waals surface area contributed by atoms with Crippen LogP contribution in [0.15, 0.2) is 39.8 Å². The van der Waals surface area contributed by atoms with Gasteiger partial charge >= 0.3 is 12.0 Å². The van der Waals surface area contributed by atoms with Gasteiger partial charge in [-0.3, -0.25) is 4.72 Å². The van der Waals surface area contributed by atoms with Crippen molar-refractivity contribution in [2.24, 2.45) is 5.92 Å². The minimum Gasteiger partial charge on any atom is -0.480 e. The van der Waals surface area contributed by atoms with E-state index in [-0.39, 0.29) is 23.1 Å². The lowest BCUT2D eigenvalue weighted by atomic mass is 10.0. The molecule has 0 saturated carbocycles. The van der Waals surface area contributed by atoms with E-state index >= 15 is 0 Å². The van der Waals surface area contributed by atoms with Crippen LogP contribution in [0.1, 0.15) is 26.0 Å². The number of amides is 2.